The lowest BCUT2D eigenvalue weighted by Gasteiger charge is -2.13. The molecule has 30 heavy (non-hydrogen) atoms. The molecule has 150 valence electrons. The second kappa shape index (κ2) is 7.92. The molecule has 2 aromatic carbocycles. The molecule has 0 aliphatic heterocycles. The number of anilines is 4. The third-order valence-electron chi connectivity index (χ3n) is 4.57. The molecule has 0 radical (unpaired) electrons. The Morgan fingerprint density at radius 3 is 2.40 bits per heavy atom. The Hall–Kier alpha value is -3.78. The van der Waals surface area contributed by atoms with Gasteiger partial charge in [0.2, 0.25) is 11.6 Å². The summed E-state index contributed by atoms with van der Waals surface area (Å²) < 4.78 is 0. The molecule has 0 unspecified atom stereocenters. The van der Waals surface area contributed by atoms with E-state index in [9.17, 15) is 10.1 Å². The average molecular weight is 421 g/mol. The Morgan fingerprint density at radius 2 is 1.70 bits per heavy atom. The summed E-state index contributed by atoms with van der Waals surface area (Å²) in [6.07, 6.45) is 1.27. The van der Waals surface area contributed by atoms with E-state index < -0.39 is 4.92 Å². The maximum Gasteiger partial charge on any atom is 0.353 e. The summed E-state index contributed by atoms with van der Waals surface area (Å²) in [6, 6.07) is 14.6. The van der Waals surface area contributed by atoms with E-state index in [2.05, 4.69) is 25.6 Å². The largest absolute Gasteiger partial charge is 0.353 e. The number of benzene rings is 2. The van der Waals surface area contributed by atoms with Gasteiger partial charge in [0, 0.05) is 27.5 Å². The van der Waals surface area contributed by atoms with Crippen LogP contribution in [0.1, 0.15) is 11.3 Å². The number of nitrogens with zero attached hydrogens (tertiary/aromatic N) is 4. The van der Waals surface area contributed by atoms with Gasteiger partial charge < -0.3 is 10.6 Å². The van der Waals surface area contributed by atoms with E-state index >= 15 is 0 Å². The van der Waals surface area contributed by atoms with Gasteiger partial charge in [0.15, 0.2) is 0 Å². The van der Waals surface area contributed by atoms with E-state index in [1.54, 1.807) is 18.2 Å². The van der Waals surface area contributed by atoms with E-state index in [0.29, 0.717) is 16.4 Å². The van der Waals surface area contributed by atoms with E-state index in [0.717, 1.165) is 22.2 Å². The van der Waals surface area contributed by atoms with Crippen LogP contribution in [0.3, 0.4) is 0 Å². The van der Waals surface area contributed by atoms with Crippen molar-refractivity contribution in [2.75, 3.05) is 10.6 Å². The maximum absolute atomic E-state index is 11.9. The standard InChI is InChI=1S/C21H17ClN6O2/c1-12-10-14(22)7-9-16(12)26-20-19(28(29)30)21(24-11-23-20)27-18-5-3-4-17-15(18)8-6-13(2)25-17/h3-11H,1-2H3,(H2,23,24,26,27). The zero-order valence-electron chi connectivity index (χ0n) is 16.2. The summed E-state index contributed by atoms with van der Waals surface area (Å²) in [5, 5.41) is 19.4. The predicted molar refractivity (Wildman–Crippen MR) is 118 cm³/mol. The molecular formula is C21H17ClN6O2. The molecular weight excluding hydrogens is 404 g/mol. The first-order valence-corrected chi connectivity index (χ1v) is 9.46. The zero-order valence-corrected chi connectivity index (χ0v) is 16.9. The first-order valence-electron chi connectivity index (χ1n) is 9.08. The average Bonchev–Trinajstić information content (AvgIpc) is 2.70. The molecule has 2 aromatic heterocycles. The van der Waals surface area contributed by atoms with Crippen LogP contribution >= 0.6 is 11.6 Å². The summed E-state index contributed by atoms with van der Waals surface area (Å²) in [5.41, 5.74) is 3.57. The fraction of sp³-hybridized carbons (Fsp3) is 0.0952. The van der Waals surface area contributed by atoms with E-state index in [-0.39, 0.29) is 17.3 Å². The van der Waals surface area contributed by atoms with Gasteiger partial charge in [-0.1, -0.05) is 17.7 Å². The van der Waals surface area contributed by atoms with E-state index in [1.807, 2.05) is 44.2 Å². The van der Waals surface area contributed by atoms with Gasteiger partial charge in [-0.2, -0.15) is 0 Å². The summed E-state index contributed by atoms with van der Waals surface area (Å²) in [5.74, 6) is 0.161. The molecule has 4 aromatic rings. The van der Waals surface area contributed by atoms with Crippen LogP contribution in [-0.2, 0) is 0 Å². The molecule has 0 aliphatic rings. The third kappa shape index (κ3) is 3.85. The number of rotatable bonds is 5. The lowest BCUT2D eigenvalue weighted by molar-refractivity contribution is -0.383. The number of hydrogen-bond donors (Lipinski definition) is 2. The van der Waals surface area contributed by atoms with Crippen molar-refractivity contribution >= 4 is 51.2 Å². The Morgan fingerprint density at radius 1 is 0.967 bits per heavy atom. The van der Waals surface area contributed by atoms with Gasteiger partial charge in [0.05, 0.1) is 10.4 Å². The van der Waals surface area contributed by atoms with E-state index in [4.69, 9.17) is 11.6 Å². The van der Waals surface area contributed by atoms with Crippen LogP contribution in [0.15, 0.2) is 54.9 Å². The fourth-order valence-electron chi connectivity index (χ4n) is 3.12. The van der Waals surface area contributed by atoms with Gasteiger partial charge in [0.1, 0.15) is 6.33 Å². The molecule has 0 saturated heterocycles. The topological polar surface area (TPSA) is 106 Å². The third-order valence-corrected chi connectivity index (χ3v) is 4.81. The number of nitrogens with one attached hydrogen (secondary N) is 2. The highest BCUT2D eigenvalue weighted by Gasteiger charge is 2.24. The normalized spacial score (nSPS) is 10.8. The molecule has 9 heteroatoms. The van der Waals surface area contributed by atoms with Gasteiger partial charge in [0.25, 0.3) is 0 Å². The molecule has 8 nitrogen and oxygen atoms in total. The van der Waals surface area contributed by atoms with Crippen molar-refractivity contribution < 1.29 is 4.92 Å². The number of nitro groups is 1. The van der Waals surface area contributed by atoms with Gasteiger partial charge in [-0.05, 0) is 61.9 Å². The number of pyridine rings is 1. The van der Waals surface area contributed by atoms with Crippen molar-refractivity contribution in [2.45, 2.75) is 13.8 Å². The lowest BCUT2D eigenvalue weighted by Crippen LogP contribution is -2.06. The molecule has 0 aliphatic carbocycles. The minimum absolute atomic E-state index is 0.0807. The van der Waals surface area contributed by atoms with Crippen LogP contribution in [0.2, 0.25) is 5.02 Å². The van der Waals surface area contributed by atoms with E-state index in [1.165, 1.54) is 6.33 Å². The quantitative estimate of drug-likeness (QED) is 0.315. The fourth-order valence-corrected chi connectivity index (χ4v) is 3.35. The minimum atomic E-state index is -0.510. The number of aryl methyl sites for hydroxylation is 2. The molecule has 0 spiro atoms. The number of halogens is 1. The van der Waals surface area contributed by atoms with Crippen molar-refractivity contribution in [1.82, 2.24) is 15.0 Å². The van der Waals surface area contributed by atoms with Crippen LogP contribution in [0.5, 0.6) is 0 Å². The van der Waals surface area contributed by atoms with Crippen molar-refractivity contribution in [3.05, 3.63) is 81.3 Å². The minimum Gasteiger partial charge on any atom is -0.334 e. The zero-order chi connectivity index (χ0) is 21.3. The highest BCUT2D eigenvalue weighted by atomic mass is 35.5. The van der Waals surface area contributed by atoms with Crippen molar-refractivity contribution in [3.63, 3.8) is 0 Å². The Kier molecular flexibility index (Phi) is 5.16. The van der Waals surface area contributed by atoms with Crippen LogP contribution in [0.4, 0.5) is 28.7 Å². The summed E-state index contributed by atoms with van der Waals surface area (Å²) in [4.78, 5) is 24.1. The Labute approximate surface area is 177 Å². The Balaban J connectivity index is 1.76. The van der Waals surface area contributed by atoms with Crippen LogP contribution in [0.25, 0.3) is 10.9 Å². The SMILES string of the molecule is Cc1ccc2c(Nc3ncnc(Nc4ccc(Cl)cc4C)c3[N+](=O)[O-])cccc2n1. The second-order valence-electron chi connectivity index (χ2n) is 6.71. The molecule has 2 heterocycles. The summed E-state index contributed by atoms with van der Waals surface area (Å²) in [7, 11) is 0. The highest BCUT2D eigenvalue weighted by molar-refractivity contribution is 6.30. The van der Waals surface area contributed by atoms with Crippen molar-refractivity contribution in [2.24, 2.45) is 0 Å². The maximum atomic E-state index is 11.9. The van der Waals surface area contributed by atoms with Gasteiger partial charge in [-0.3, -0.25) is 15.1 Å². The summed E-state index contributed by atoms with van der Waals surface area (Å²) >= 11 is 6.00. The highest BCUT2D eigenvalue weighted by Crippen LogP contribution is 2.35. The van der Waals surface area contributed by atoms with Crippen molar-refractivity contribution in [1.29, 1.82) is 0 Å². The van der Waals surface area contributed by atoms with Gasteiger partial charge in [-0.15, -0.1) is 0 Å². The number of aromatic nitrogens is 3. The molecule has 4 rings (SSSR count). The lowest BCUT2D eigenvalue weighted by atomic mass is 10.1. The summed E-state index contributed by atoms with van der Waals surface area (Å²) in [6.45, 7) is 3.76. The Bertz CT molecular complexity index is 1280. The second-order valence-corrected chi connectivity index (χ2v) is 7.15. The van der Waals surface area contributed by atoms with Crippen LogP contribution in [0, 0.1) is 24.0 Å². The number of fused-ring (bicyclic) bond motifs is 1. The molecule has 0 bridgehead atoms. The van der Waals surface area contributed by atoms with Crippen LogP contribution < -0.4 is 10.6 Å². The van der Waals surface area contributed by atoms with Crippen LogP contribution in [-0.4, -0.2) is 19.9 Å². The molecule has 0 saturated carbocycles. The molecule has 2 N–H and O–H groups in total. The predicted octanol–water partition coefficient (Wildman–Crippen LogP) is 5.69. The molecule has 0 amide bonds. The smallest absolute Gasteiger partial charge is 0.334 e. The van der Waals surface area contributed by atoms with Gasteiger partial charge in [-0.25, -0.2) is 9.97 Å². The number of hydrogen-bond acceptors (Lipinski definition) is 7. The first-order chi connectivity index (χ1) is 14.4. The molecule has 0 atom stereocenters. The van der Waals surface area contributed by atoms with Gasteiger partial charge >= 0.3 is 5.69 Å². The monoisotopic (exact) mass is 420 g/mol. The van der Waals surface area contributed by atoms with Crippen molar-refractivity contribution in [3.8, 4) is 0 Å². The molecule has 0 fully saturated rings. The first kappa shape index (κ1) is 19.5.